The molecule has 1 amide bonds. The Bertz CT molecular complexity index is 1510. The first-order valence-corrected chi connectivity index (χ1v) is 13.4. The third-order valence-corrected chi connectivity index (χ3v) is 8.10. The highest BCUT2D eigenvalue weighted by Gasteiger charge is 2.59. The lowest BCUT2D eigenvalue weighted by Crippen LogP contribution is -2.34. The fourth-order valence-corrected chi connectivity index (χ4v) is 5.70. The van der Waals surface area contributed by atoms with Crippen LogP contribution in [0.25, 0.3) is 22.6 Å². The van der Waals surface area contributed by atoms with E-state index in [9.17, 15) is 9.18 Å². The third-order valence-electron chi connectivity index (χ3n) is 7.33. The second-order valence-electron chi connectivity index (χ2n) is 10.7. The van der Waals surface area contributed by atoms with Gasteiger partial charge in [-0.3, -0.25) is 9.48 Å². The molecule has 196 valence electrons. The van der Waals surface area contributed by atoms with Crippen molar-refractivity contribution < 1.29 is 13.9 Å². The number of carbonyl (C=O) groups excluding carboxylic acids is 1. The SMILES string of the molecule is Cc1nc(-c2cc(C(=O)N3C[C@@H]4C(Oc5cc(C(C)(C)N)cc(-c6ccc(F)cc6)n5)[C@@H]4C3)n(C)n2)cs1. The van der Waals surface area contributed by atoms with Gasteiger partial charge in [0, 0.05) is 54.5 Å². The minimum Gasteiger partial charge on any atom is -0.474 e. The number of piperidine rings is 1. The number of nitrogens with zero attached hydrogens (tertiary/aromatic N) is 5. The molecule has 10 heteroatoms. The van der Waals surface area contributed by atoms with E-state index < -0.39 is 5.54 Å². The molecule has 2 N–H and O–H groups in total. The number of aryl methyl sites for hydroxylation is 2. The molecule has 8 nitrogen and oxygen atoms in total. The second kappa shape index (κ2) is 8.99. The fourth-order valence-electron chi connectivity index (χ4n) is 5.09. The molecule has 0 radical (unpaired) electrons. The molecule has 1 aliphatic heterocycles. The molecule has 2 aliphatic rings. The van der Waals surface area contributed by atoms with Gasteiger partial charge in [-0.05, 0) is 62.7 Å². The summed E-state index contributed by atoms with van der Waals surface area (Å²) in [6.07, 6.45) is -0.0103. The maximum Gasteiger partial charge on any atom is 0.272 e. The van der Waals surface area contributed by atoms with E-state index in [1.807, 2.05) is 49.3 Å². The molecule has 1 aromatic carbocycles. The molecule has 2 fully saturated rings. The Balaban J connectivity index is 1.16. The van der Waals surface area contributed by atoms with Gasteiger partial charge in [-0.2, -0.15) is 5.10 Å². The van der Waals surface area contributed by atoms with Crippen LogP contribution in [0.5, 0.6) is 5.88 Å². The van der Waals surface area contributed by atoms with E-state index in [-0.39, 0.29) is 29.7 Å². The number of thiazole rings is 1. The van der Waals surface area contributed by atoms with Crippen molar-refractivity contribution in [1.82, 2.24) is 24.6 Å². The van der Waals surface area contributed by atoms with E-state index in [4.69, 9.17) is 15.5 Å². The number of rotatable bonds is 6. The Labute approximate surface area is 224 Å². The Hall–Kier alpha value is -3.63. The molecule has 38 heavy (non-hydrogen) atoms. The van der Waals surface area contributed by atoms with E-state index in [2.05, 4.69) is 10.1 Å². The number of hydrogen-bond donors (Lipinski definition) is 1. The number of ether oxygens (including phenoxy) is 1. The molecule has 1 unspecified atom stereocenters. The molecule has 1 aliphatic carbocycles. The van der Waals surface area contributed by atoms with Crippen LogP contribution in [0.15, 0.2) is 47.8 Å². The van der Waals surface area contributed by atoms with E-state index in [1.165, 1.54) is 12.1 Å². The highest BCUT2D eigenvalue weighted by molar-refractivity contribution is 7.09. The molecule has 1 saturated carbocycles. The van der Waals surface area contributed by atoms with Crippen molar-refractivity contribution in [2.24, 2.45) is 24.6 Å². The summed E-state index contributed by atoms with van der Waals surface area (Å²) in [6, 6.07) is 11.8. The van der Waals surface area contributed by atoms with Crippen molar-refractivity contribution >= 4 is 17.2 Å². The second-order valence-corrected chi connectivity index (χ2v) is 11.8. The van der Waals surface area contributed by atoms with Crippen molar-refractivity contribution in [2.45, 2.75) is 32.4 Å². The van der Waals surface area contributed by atoms with Crippen LogP contribution in [0.4, 0.5) is 4.39 Å². The van der Waals surface area contributed by atoms with Gasteiger partial charge in [0.15, 0.2) is 0 Å². The fraction of sp³-hybridized carbons (Fsp3) is 0.357. The van der Waals surface area contributed by atoms with Gasteiger partial charge in [0.1, 0.15) is 29.0 Å². The minimum absolute atomic E-state index is 0.0103. The number of hydrogen-bond acceptors (Lipinski definition) is 7. The maximum absolute atomic E-state index is 13.5. The van der Waals surface area contributed by atoms with Crippen molar-refractivity contribution in [3.05, 3.63) is 69.9 Å². The summed E-state index contributed by atoms with van der Waals surface area (Å²) in [5, 5.41) is 7.42. The zero-order chi connectivity index (χ0) is 26.8. The molecule has 3 aromatic heterocycles. The Morgan fingerprint density at radius 1 is 1.08 bits per heavy atom. The summed E-state index contributed by atoms with van der Waals surface area (Å²) in [4.78, 5) is 24.3. The molecule has 4 aromatic rings. The van der Waals surface area contributed by atoms with E-state index in [0.717, 1.165) is 21.8 Å². The largest absolute Gasteiger partial charge is 0.474 e. The van der Waals surface area contributed by atoms with Crippen molar-refractivity contribution in [3.8, 4) is 28.5 Å². The smallest absolute Gasteiger partial charge is 0.272 e. The van der Waals surface area contributed by atoms with E-state index >= 15 is 0 Å². The summed E-state index contributed by atoms with van der Waals surface area (Å²) in [7, 11) is 1.79. The number of benzene rings is 1. The number of carbonyl (C=O) groups is 1. The lowest BCUT2D eigenvalue weighted by molar-refractivity contribution is 0.0740. The number of fused-ring (bicyclic) bond motifs is 1. The number of likely N-dealkylation sites (tertiary alicyclic amines) is 1. The van der Waals surface area contributed by atoms with Gasteiger partial charge >= 0.3 is 0 Å². The predicted octanol–water partition coefficient (Wildman–Crippen LogP) is 4.40. The van der Waals surface area contributed by atoms with Crippen LogP contribution >= 0.6 is 11.3 Å². The molecule has 0 bridgehead atoms. The monoisotopic (exact) mass is 532 g/mol. The predicted molar refractivity (Wildman–Crippen MR) is 143 cm³/mol. The zero-order valence-electron chi connectivity index (χ0n) is 21.7. The first kappa shape index (κ1) is 24.7. The molecule has 0 spiro atoms. The molecular weight excluding hydrogens is 503 g/mol. The molecular formula is C28H29FN6O2S. The molecule has 6 rings (SSSR count). The van der Waals surface area contributed by atoms with Gasteiger partial charge in [-0.1, -0.05) is 0 Å². The van der Waals surface area contributed by atoms with Gasteiger partial charge in [-0.15, -0.1) is 11.3 Å². The number of amides is 1. The van der Waals surface area contributed by atoms with Crippen molar-refractivity contribution in [1.29, 1.82) is 0 Å². The van der Waals surface area contributed by atoms with Crippen LogP contribution < -0.4 is 10.5 Å². The Kier molecular flexibility index (Phi) is 5.84. The van der Waals surface area contributed by atoms with E-state index in [1.54, 1.807) is 35.2 Å². The lowest BCUT2D eigenvalue weighted by Gasteiger charge is -2.22. The van der Waals surface area contributed by atoms with Crippen LogP contribution in [0.3, 0.4) is 0 Å². The number of aromatic nitrogens is 4. The lowest BCUT2D eigenvalue weighted by atomic mass is 9.95. The number of pyridine rings is 1. The average molecular weight is 533 g/mol. The summed E-state index contributed by atoms with van der Waals surface area (Å²) in [5.74, 6) is 0.656. The number of halogens is 1. The van der Waals surface area contributed by atoms with Crippen LogP contribution in [0.1, 0.15) is 34.9 Å². The molecule has 4 heterocycles. The quantitative estimate of drug-likeness (QED) is 0.395. The zero-order valence-corrected chi connectivity index (χ0v) is 22.5. The van der Waals surface area contributed by atoms with E-state index in [0.29, 0.717) is 36.1 Å². The van der Waals surface area contributed by atoms with Crippen LogP contribution in [-0.4, -0.2) is 49.7 Å². The van der Waals surface area contributed by atoms with Gasteiger partial charge in [0.2, 0.25) is 5.88 Å². The highest BCUT2D eigenvalue weighted by atomic mass is 32.1. The van der Waals surface area contributed by atoms with Gasteiger partial charge in [0.05, 0.1) is 10.7 Å². The summed E-state index contributed by atoms with van der Waals surface area (Å²) < 4.78 is 21.4. The maximum atomic E-state index is 13.5. The topological polar surface area (TPSA) is 99.2 Å². The normalized spacial score (nSPS) is 20.5. The third kappa shape index (κ3) is 4.58. The summed E-state index contributed by atoms with van der Waals surface area (Å²) >= 11 is 1.56. The highest BCUT2D eigenvalue weighted by Crippen LogP contribution is 2.48. The molecule has 1 saturated heterocycles. The van der Waals surface area contributed by atoms with Gasteiger partial charge in [0.25, 0.3) is 5.91 Å². The summed E-state index contributed by atoms with van der Waals surface area (Å²) in [6.45, 7) is 7.05. The summed E-state index contributed by atoms with van der Waals surface area (Å²) in [5.41, 5.74) is 10.2. The van der Waals surface area contributed by atoms with Crippen molar-refractivity contribution in [2.75, 3.05) is 13.1 Å². The van der Waals surface area contributed by atoms with Crippen LogP contribution in [-0.2, 0) is 12.6 Å². The Morgan fingerprint density at radius 2 is 1.79 bits per heavy atom. The van der Waals surface area contributed by atoms with Crippen LogP contribution in [0, 0.1) is 24.6 Å². The first-order valence-electron chi connectivity index (χ1n) is 12.6. The minimum atomic E-state index is -0.600. The van der Waals surface area contributed by atoms with Crippen LogP contribution in [0.2, 0.25) is 0 Å². The standard InChI is InChI=1S/C28H29FN6O2S/c1-15-31-23(14-38-15)22-11-24(34(4)33-22)27(36)35-12-19-20(13-35)26(19)37-25-10-17(28(2,3)30)9-21(32-25)16-5-7-18(29)8-6-16/h5-11,14,19-20,26H,12-13,30H2,1-4H3/t19-,20+,26?. The van der Waals surface area contributed by atoms with Crippen molar-refractivity contribution in [3.63, 3.8) is 0 Å². The van der Waals surface area contributed by atoms with Gasteiger partial charge < -0.3 is 15.4 Å². The average Bonchev–Trinajstić information content (AvgIpc) is 3.31. The first-order chi connectivity index (χ1) is 18.1. The Morgan fingerprint density at radius 3 is 2.42 bits per heavy atom. The van der Waals surface area contributed by atoms with Gasteiger partial charge in [-0.25, -0.2) is 14.4 Å². The molecule has 3 atom stereocenters. The number of nitrogens with two attached hydrogens (primary N) is 1.